The molecule has 0 fully saturated rings. The molecule has 1 aromatic carbocycles. The third-order valence-corrected chi connectivity index (χ3v) is 3.97. The first-order valence-electron chi connectivity index (χ1n) is 7.81. The van der Waals surface area contributed by atoms with Crippen molar-refractivity contribution >= 4 is 23.1 Å². The summed E-state index contributed by atoms with van der Waals surface area (Å²) in [6, 6.07) is 7.39. The maximum absolute atomic E-state index is 12.5. The first kappa shape index (κ1) is 18.3. The van der Waals surface area contributed by atoms with Crippen LogP contribution in [0.1, 0.15) is 18.4 Å². The van der Waals surface area contributed by atoms with Gasteiger partial charge in [0.15, 0.2) is 0 Å². The van der Waals surface area contributed by atoms with E-state index >= 15 is 0 Å². The first-order valence-corrected chi connectivity index (χ1v) is 7.81. The number of fused-ring (bicyclic) bond motifs is 1. The number of rotatable bonds is 7. The zero-order valence-electron chi connectivity index (χ0n) is 14.4. The van der Waals surface area contributed by atoms with Crippen LogP contribution in [0.3, 0.4) is 0 Å². The lowest BCUT2D eigenvalue weighted by molar-refractivity contribution is -0.140. The summed E-state index contributed by atoms with van der Waals surface area (Å²) in [6.07, 6.45) is 3.85. The maximum atomic E-state index is 12.5. The Morgan fingerprint density at radius 1 is 1.12 bits per heavy atom. The van der Waals surface area contributed by atoms with Crippen molar-refractivity contribution in [3.63, 3.8) is 0 Å². The molecule has 1 heterocycles. The van der Waals surface area contributed by atoms with Gasteiger partial charge in [-0.25, -0.2) is 0 Å². The third-order valence-electron chi connectivity index (χ3n) is 3.97. The van der Waals surface area contributed by atoms with Gasteiger partial charge in [0.25, 0.3) is 5.91 Å². The predicted molar refractivity (Wildman–Crippen MR) is 97.7 cm³/mol. The van der Waals surface area contributed by atoms with E-state index in [0.29, 0.717) is 23.3 Å². The number of esters is 1. The lowest BCUT2D eigenvalue weighted by Gasteiger charge is -2.14. The molecule has 1 amide bonds. The quantitative estimate of drug-likeness (QED) is 0.357. The van der Waals surface area contributed by atoms with E-state index in [1.165, 1.54) is 14.2 Å². The summed E-state index contributed by atoms with van der Waals surface area (Å²) in [6.45, 7) is 7.63. The van der Waals surface area contributed by atoms with Crippen LogP contribution in [-0.2, 0) is 19.1 Å². The van der Waals surface area contributed by atoms with Gasteiger partial charge in [0.1, 0.15) is 5.76 Å². The van der Waals surface area contributed by atoms with E-state index in [9.17, 15) is 9.59 Å². The van der Waals surface area contributed by atoms with Crippen LogP contribution in [0.25, 0.3) is 5.57 Å². The lowest BCUT2D eigenvalue weighted by atomic mass is 9.96. The monoisotopic (exact) mass is 339 g/mol. The van der Waals surface area contributed by atoms with E-state index in [4.69, 9.17) is 4.74 Å². The van der Waals surface area contributed by atoms with Crippen LogP contribution in [0.2, 0.25) is 0 Å². The van der Waals surface area contributed by atoms with E-state index < -0.39 is 0 Å². The average Bonchev–Trinajstić information content (AvgIpc) is 2.96. The normalized spacial score (nSPS) is 15.5. The number of para-hydroxylation sites is 1. The number of ether oxygens (including phenoxy) is 2. The van der Waals surface area contributed by atoms with Crippen molar-refractivity contribution in [2.75, 3.05) is 19.5 Å². The minimum atomic E-state index is -0.321. The number of hydrogen-bond acceptors (Lipinski definition) is 4. The SMILES string of the molecule is C=C/C(CCC(=O)OC)=C(C=C)/C(OC)=C1\C(=O)Nc2ccccc21. The minimum Gasteiger partial charge on any atom is -0.495 e. The topological polar surface area (TPSA) is 64.6 Å². The summed E-state index contributed by atoms with van der Waals surface area (Å²) in [7, 11) is 2.84. The number of allylic oxidation sites excluding steroid dienone is 3. The second kappa shape index (κ2) is 8.15. The Morgan fingerprint density at radius 2 is 1.84 bits per heavy atom. The van der Waals surface area contributed by atoms with Crippen molar-refractivity contribution in [2.24, 2.45) is 0 Å². The Bertz CT molecular complexity index is 787. The summed E-state index contributed by atoms with van der Waals surface area (Å²) >= 11 is 0. The molecule has 0 spiro atoms. The largest absolute Gasteiger partial charge is 0.495 e. The van der Waals surface area contributed by atoms with Crippen molar-refractivity contribution in [3.8, 4) is 0 Å². The fraction of sp³-hybridized carbons (Fsp3) is 0.200. The van der Waals surface area contributed by atoms with Gasteiger partial charge in [-0.2, -0.15) is 0 Å². The standard InChI is InChI=1S/C20H21NO4/c1-5-13(11-12-17(22)24-3)14(6-2)19(25-4)18-15-9-7-8-10-16(15)21-20(18)23/h5-10H,1-2,11-12H2,3-4H3,(H,21,23)/b14-13-,19-18+. The highest BCUT2D eigenvalue weighted by molar-refractivity contribution is 6.32. The third kappa shape index (κ3) is 3.71. The van der Waals surface area contributed by atoms with Gasteiger partial charge in [-0.15, -0.1) is 0 Å². The highest BCUT2D eigenvalue weighted by Gasteiger charge is 2.29. The number of nitrogens with one attached hydrogen (secondary N) is 1. The zero-order valence-corrected chi connectivity index (χ0v) is 14.4. The molecule has 25 heavy (non-hydrogen) atoms. The van der Waals surface area contributed by atoms with Crippen LogP contribution in [0.5, 0.6) is 0 Å². The Balaban J connectivity index is 2.57. The molecule has 5 nitrogen and oxygen atoms in total. The highest BCUT2D eigenvalue weighted by atomic mass is 16.5. The number of benzene rings is 1. The molecule has 1 aliphatic heterocycles. The molecule has 5 heteroatoms. The molecule has 1 aliphatic rings. The van der Waals surface area contributed by atoms with Crippen LogP contribution in [0.15, 0.2) is 66.5 Å². The molecule has 0 bridgehead atoms. The molecule has 0 aliphatic carbocycles. The fourth-order valence-corrected chi connectivity index (χ4v) is 2.74. The van der Waals surface area contributed by atoms with E-state index in [2.05, 4.69) is 23.2 Å². The second-order valence-electron chi connectivity index (χ2n) is 5.33. The van der Waals surface area contributed by atoms with E-state index in [1.54, 1.807) is 12.2 Å². The number of carbonyl (C=O) groups excluding carboxylic acids is 2. The number of methoxy groups -OCH3 is 2. The van der Waals surface area contributed by atoms with Crippen LogP contribution >= 0.6 is 0 Å². The van der Waals surface area contributed by atoms with Crippen molar-refractivity contribution in [1.82, 2.24) is 0 Å². The smallest absolute Gasteiger partial charge is 0.305 e. The lowest BCUT2D eigenvalue weighted by Crippen LogP contribution is -2.09. The summed E-state index contributed by atoms with van der Waals surface area (Å²) in [5.41, 5.74) is 3.31. The number of hydrogen-bond donors (Lipinski definition) is 1. The molecular weight excluding hydrogens is 318 g/mol. The van der Waals surface area contributed by atoms with Gasteiger partial charge in [0, 0.05) is 23.2 Å². The van der Waals surface area contributed by atoms with Crippen LogP contribution < -0.4 is 5.32 Å². The Hall–Kier alpha value is -3.08. The Morgan fingerprint density at radius 3 is 2.44 bits per heavy atom. The molecule has 2 rings (SSSR count). The van der Waals surface area contributed by atoms with Crippen LogP contribution in [0, 0.1) is 0 Å². The van der Waals surface area contributed by atoms with Gasteiger partial charge in [-0.05, 0) is 18.1 Å². The van der Waals surface area contributed by atoms with E-state index in [0.717, 1.165) is 16.8 Å². The van der Waals surface area contributed by atoms with Crippen LogP contribution in [-0.4, -0.2) is 26.1 Å². The molecule has 0 saturated carbocycles. The summed E-state index contributed by atoms with van der Waals surface area (Å²) in [4.78, 5) is 23.9. The van der Waals surface area contributed by atoms with Gasteiger partial charge in [0.2, 0.25) is 0 Å². The van der Waals surface area contributed by atoms with Gasteiger partial charge in [-0.1, -0.05) is 43.5 Å². The molecule has 1 N–H and O–H groups in total. The number of carbonyl (C=O) groups is 2. The fourth-order valence-electron chi connectivity index (χ4n) is 2.74. The molecule has 0 unspecified atom stereocenters. The van der Waals surface area contributed by atoms with Crippen molar-refractivity contribution in [2.45, 2.75) is 12.8 Å². The van der Waals surface area contributed by atoms with E-state index in [1.807, 2.05) is 24.3 Å². The van der Waals surface area contributed by atoms with Gasteiger partial charge >= 0.3 is 5.97 Å². The van der Waals surface area contributed by atoms with Gasteiger partial charge in [0.05, 0.1) is 19.8 Å². The molecule has 0 saturated heterocycles. The molecule has 0 atom stereocenters. The second-order valence-corrected chi connectivity index (χ2v) is 5.33. The van der Waals surface area contributed by atoms with Gasteiger partial charge in [-0.3, -0.25) is 9.59 Å². The van der Waals surface area contributed by atoms with Crippen molar-refractivity contribution in [1.29, 1.82) is 0 Å². The molecular formula is C20H21NO4. The van der Waals surface area contributed by atoms with E-state index in [-0.39, 0.29) is 18.3 Å². The average molecular weight is 339 g/mol. The molecule has 0 radical (unpaired) electrons. The van der Waals surface area contributed by atoms with Crippen LogP contribution in [0.4, 0.5) is 5.69 Å². The zero-order chi connectivity index (χ0) is 18.4. The predicted octanol–water partition coefficient (Wildman–Crippen LogP) is 3.62. The Kier molecular flexibility index (Phi) is 5.95. The Labute approximate surface area is 147 Å². The maximum Gasteiger partial charge on any atom is 0.305 e. The molecule has 0 aromatic heterocycles. The minimum absolute atomic E-state index is 0.199. The van der Waals surface area contributed by atoms with Crippen molar-refractivity contribution in [3.05, 3.63) is 72.0 Å². The number of anilines is 1. The summed E-state index contributed by atoms with van der Waals surface area (Å²) in [5, 5.41) is 2.82. The molecule has 130 valence electrons. The summed E-state index contributed by atoms with van der Waals surface area (Å²) < 4.78 is 10.2. The first-order chi connectivity index (χ1) is 12.1. The summed E-state index contributed by atoms with van der Waals surface area (Å²) in [5.74, 6) is -0.163. The highest BCUT2D eigenvalue weighted by Crippen LogP contribution is 2.37. The molecule has 1 aromatic rings. The van der Waals surface area contributed by atoms with Gasteiger partial charge < -0.3 is 14.8 Å². The number of amides is 1. The van der Waals surface area contributed by atoms with Crippen molar-refractivity contribution < 1.29 is 19.1 Å².